The maximum atomic E-state index is 12.6. The van der Waals surface area contributed by atoms with E-state index < -0.39 is 11.4 Å². The molecular weight excluding hydrogens is 362 g/mol. The lowest BCUT2D eigenvalue weighted by Crippen LogP contribution is -2.40. The monoisotopic (exact) mass is 387 g/mol. The summed E-state index contributed by atoms with van der Waals surface area (Å²) in [6.45, 7) is 3.00. The number of ether oxygens (including phenoxy) is 1. The van der Waals surface area contributed by atoms with Crippen LogP contribution in [-0.4, -0.2) is 72.2 Å². The second-order valence-corrected chi connectivity index (χ2v) is 7.84. The number of nitrogens with zero attached hydrogens (tertiary/aromatic N) is 2. The Bertz CT molecular complexity index is 775. The predicted molar refractivity (Wildman–Crippen MR) is 101 cm³/mol. The van der Waals surface area contributed by atoms with Crippen molar-refractivity contribution in [2.45, 2.75) is 19.3 Å². The lowest BCUT2D eigenvalue weighted by molar-refractivity contribution is -0.149. The van der Waals surface area contributed by atoms with Crippen molar-refractivity contribution in [2.24, 2.45) is 11.3 Å². The van der Waals surface area contributed by atoms with E-state index >= 15 is 0 Å². The minimum Gasteiger partial charge on any atom is -0.481 e. The van der Waals surface area contributed by atoms with Crippen LogP contribution in [0.1, 0.15) is 29.6 Å². The van der Waals surface area contributed by atoms with Gasteiger partial charge in [0.1, 0.15) is 0 Å². The van der Waals surface area contributed by atoms with Gasteiger partial charge < -0.3 is 25.0 Å². The van der Waals surface area contributed by atoms with Gasteiger partial charge in [0.15, 0.2) is 0 Å². The zero-order valence-corrected chi connectivity index (χ0v) is 15.7. The number of morpholine rings is 1. The number of benzene rings is 1. The first-order valence-electron chi connectivity index (χ1n) is 9.76. The van der Waals surface area contributed by atoms with E-state index in [4.69, 9.17) is 4.74 Å². The lowest BCUT2D eigenvalue weighted by atomic mass is 9.81. The van der Waals surface area contributed by atoms with Gasteiger partial charge in [-0.3, -0.25) is 9.59 Å². The van der Waals surface area contributed by atoms with E-state index in [1.165, 1.54) is 0 Å². The highest BCUT2D eigenvalue weighted by molar-refractivity contribution is 5.96. The van der Waals surface area contributed by atoms with Crippen LogP contribution < -0.4 is 5.32 Å². The van der Waals surface area contributed by atoms with Crippen LogP contribution in [0.5, 0.6) is 0 Å². The van der Waals surface area contributed by atoms with Gasteiger partial charge in [0, 0.05) is 37.4 Å². The molecule has 1 saturated carbocycles. The van der Waals surface area contributed by atoms with Crippen molar-refractivity contribution in [3.63, 3.8) is 0 Å². The summed E-state index contributed by atoms with van der Waals surface area (Å²) in [5.41, 5.74) is 0.372. The van der Waals surface area contributed by atoms with Gasteiger partial charge in [-0.1, -0.05) is 6.42 Å². The van der Waals surface area contributed by atoms with Crippen molar-refractivity contribution in [2.75, 3.05) is 44.7 Å². The number of nitrogens with one attached hydrogen (secondary N) is 1. The smallest absolute Gasteiger partial charge is 0.321 e. The summed E-state index contributed by atoms with van der Waals surface area (Å²) in [4.78, 5) is 40.2. The van der Waals surface area contributed by atoms with Crippen LogP contribution in [0.3, 0.4) is 0 Å². The lowest BCUT2D eigenvalue weighted by Gasteiger charge is -2.27. The van der Waals surface area contributed by atoms with Gasteiger partial charge in [0.25, 0.3) is 5.91 Å². The highest BCUT2D eigenvalue weighted by Gasteiger charge is 2.55. The second kappa shape index (κ2) is 7.43. The maximum absolute atomic E-state index is 12.6. The van der Waals surface area contributed by atoms with E-state index in [2.05, 4.69) is 5.32 Å². The molecule has 0 aromatic heterocycles. The number of carboxylic acid groups (broad SMARTS) is 1. The molecule has 0 unspecified atom stereocenters. The van der Waals surface area contributed by atoms with E-state index in [1.54, 1.807) is 34.1 Å². The molecule has 8 heteroatoms. The van der Waals surface area contributed by atoms with Crippen molar-refractivity contribution in [3.8, 4) is 0 Å². The number of carbonyl (C=O) groups is 3. The molecule has 2 atom stereocenters. The largest absolute Gasteiger partial charge is 0.481 e. The van der Waals surface area contributed by atoms with Gasteiger partial charge >= 0.3 is 12.0 Å². The Kier molecular flexibility index (Phi) is 4.97. The average molecular weight is 387 g/mol. The Morgan fingerprint density at radius 2 is 1.82 bits per heavy atom. The van der Waals surface area contributed by atoms with Crippen molar-refractivity contribution in [3.05, 3.63) is 29.8 Å². The van der Waals surface area contributed by atoms with E-state index in [0.29, 0.717) is 50.5 Å². The molecule has 2 N–H and O–H groups in total. The van der Waals surface area contributed by atoms with Crippen LogP contribution in [0, 0.1) is 11.3 Å². The molecule has 1 aromatic carbocycles. The summed E-state index contributed by atoms with van der Waals surface area (Å²) in [6, 6.07) is 6.52. The van der Waals surface area contributed by atoms with Gasteiger partial charge in [-0.25, -0.2) is 4.79 Å². The topological polar surface area (TPSA) is 99.2 Å². The molecule has 0 spiro atoms. The molecule has 28 heavy (non-hydrogen) atoms. The average Bonchev–Trinajstić information content (AvgIpc) is 3.27. The number of urea groups is 1. The highest BCUT2D eigenvalue weighted by atomic mass is 16.5. The number of carbonyl (C=O) groups excluding carboxylic acids is 2. The third-order valence-electron chi connectivity index (χ3n) is 6.27. The number of hydrogen-bond donors (Lipinski definition) is 2. The molecule has 0 radical (unpaired) electrons. The van der Waals surface area contributed by atoms with E-state index in [9.17, 15) is 19.5 Å². The second-order valence-electron chi connectivity index (χ2n) is 7.84. The summed E-state index contributed by atoms with van der Waals surface area (Å²) >= 11 is 0. The molecule has 2 saturated heterocycles. The van der Waals surface area contributed by atoms with Crippen molar-refractivity contribution >= 4 is 23.6 Å². The first kappa shape index (κ1) is 18.7. The molecule has 3 amide bonds. The Hall–Kier alpha value is -2.61. The molecule has 0 bridgehead atoms. The molecule has 1 aromatic rings. The molecule has 1 aliphatic carbocycles. The standard InChI is InChI=1S/C20H25N3O5/c24-17(22-8-10-28-11-9-22)14-3-5-16(6-4-14)21-19(27)23-12-15-2-1-7-20(15,13-23)18(25)26/h3-6,15H,1-2,7-13H2,(H,21,27)(H,25,26)/t15-,20+/m0/s1. The fraction of sp³-hybridized carbons (Fsp3) is 0.550. The highest BCUT2D eigenvalue weighted by Crippen LogP contribution is 2.48. The van der Waals surface area contributed by atoms with Crippen LogP contribution in [0.4, 0.5) is 10.5 Å². The third kappa shape index (κ3) is 3.32. The van der Waals surface area contributed by atoms with E-state index in [0.717, 1.165) is 12.8 Å². The SMILES string of the molecule is O=C(Nc1ccc(C(=O)N2CCOCC2)cc1)N1C[C@@H]2CCC[C@@]2(C(=O)O)C1. The molecule has 4 rings (SSSR count). The Morgan fingerprint density at radius 1 is 1.11 bits per heavy atom. The quantitative estimate of drug-likeness (QED) is 0.825. The molecule has 2 heterocycles. The van der Waals surface area contributed by atoms with Crippen molar-refractivity contribution in [1.29, 1.82) is 0 Å². The zero-order chi connectivity index (χ0) is 19.7. The molecule has 3 fully saturated rings. The summed E-state index contributed by atoms with van der Waals surface area (Å²) < 4.78 is 5.26. The number of amides is 3. The molecule has 3 aliphatic rings. The van der Waals surface area contributed by atoms with Gasteiger partial charge in [0.2, 0.25) is 0 Å². The number of aliphatic carboxylic acids is 1. The molecular formula is C20H25N3O5. The van der Waals surface area contributed by atoms with Crippen LogP contribution in [0.25, 0.3) is 0 Å². The van der Waals surface area contributed by atoms with Crippen LogP contribution >= 0.6 is 0 Å². The Morgan fingerprint density at radius 3 is 2.46 bits per heavy atom. The summed E-state index contributed by atoms with van der Waals surface area (Å²) in [5.74, 6) is -0.808. The maximum Gasteiger partial charge on any atom is 0.321 e. The minimum atomic E-state index is -0.795. The van der Waals surface area contributed by atoms with Gasteiger partial charge in [0.05, 0.1) is 18.6 Å². The van der Waals surface area contributed by atoms with E-state index in [1.807, 2.05) is 0 Å². The first-order chi connectivity index (χ1) is 13.5. The van der Waals surface area contributed by atoms with Crippen LogP contribution in [0.15, 0.2) is 24.3 Å². The first-order valence-corrected chi connectivity index (χ1v) is 9.76. The number of carboxylic acids is 1. The summed E-state index contributed by atoms with van der Waals surface area (Å²) in [6.07, 6.45) is 2.40. The number of likely N-dealkylation sites (tertiary alicyclic amines) is 1. The number of fused-ring (bicyclic) bond motifs is 1. The van der Waals surface area contributed by atoms with Gasteiger partial charge in [-0.05, 0) is 43.0 Å². The minimum absolute atomic E-state index is 0.0317. The number of rotatable bonds is 3. The van der Waals surface area contributed by atoms with Crippen molar-refractivity contribution in [1.82, 2.24) is 9.80 Å². The molecule has 2 aliphatic heterocycles. The van der Waals surface area contributed by atoms with Gasteiger partial charge in [-0.15, -0.1) is 0 Å². The van der Waals surface area contributed by atoms with Crippen molar-refractivity contribution < 1.29 is 24.2 Å². The molecule has 8 nitrogen and oxygen atoms in total. The fourth-order valence-electron chi connectivity index (χ4n) is 4.64. The fourth-order valence-corrected chi connectivity index (χ4v) is 4.64. The summed E-state index contributed by atoms with van der Waals surface area (Å²) in [7, 11) is 0. The summed E-state index contributed by atoms with van der Waals surface area (Å²) in [5, 5.41) is 12.5. The third-order valence-corrected chi connectivity index (χ3v) is 6.27. The van der Waals surface area contributed by atoms with Gasteiger partial charge in [-0.2, -0.15) is 0 Å². The van der Waals surface area contributed by atoms with E-state index in [-0.39, 0.29) is 24.4 Å². The predicted octanol–water partition coefficient (Wildman–Crippen LogP) is 1.88. The number of hydrogen-bond acceptors (Lipinski definition) is 4. The molecule has 150 valence electrons. The Balaban J connectivity index is 1.37. The van der Waals surface area contributed by atoms with Crippen LogP contribution in [0.2, 0.25) is 0 Å². The van der Waals surface area contributed by atoms with Crippen LogP contribution in [-0.2, 0) is 9.53 Å². The number of anilines is 1. The normalized spacial score (nSPS) is 26.8. The Labute approximate surface area is 163 Å². The zero-order valence-electron chi connectivity index (χ0n) is 15.7.